The molecule has 4 amide bonds. The molecule has 0 aliphatic carbocycles. The molecule has 300 valence electrons. The molecule has 0 saturated carbocycles. The number of methoxy groups -OCH3 is 2. The molecule has 0 spiro atoms. The highest BCUT2D eigenvalue weighted by Gasteiger charge is 2.39. The van der Waals surface area contributed by atoms with Crippen LogP contribution in [0.15, 0.2) is 48.8 Å². The molecule has 0 unspecified atom stereocenters. The number of nitrogens with zero attached hydrogens (tertiary/aromatic N) is 4. The number of aromatic nitrogens is 4. The van der Waals surface area contributed by atoms with Crippen molar-refractivity contribution < 1.29 is 28.7 Å². The molecule has 2 fully saturated rings. The highest BCUT2D eigenvalue weighted by molar-refractivity contribution is 5.87. The molecule has 2 saturated heterocycles. The summed E-state index contributed by atoms with van der Waals surface area (Å²) in [4.78, 5) is 70.8. The van der Waals surface area contributed by atoms with E-state index in [0.29, 0.717) is 13.1 Å². The Bertz CT molecular complexity index is 1860. The molecular formula is C42H56N8O6. The van der Waals surface area contributed by atoms with Gasteiger partial charge in [0.05, 0.1) is 26.3 Å². The lowest BCUT2D eigenvalue weighted by Gasteiger charge is -2.30. The fourth-order valence-electron chi connectivity index (χ4n) is 7.95. The highest BCUT2D eigenvalue weighted by atomic mass is 16.5. The maximum Gasteiger partial charge on any atom is 0.407 e. The van der Waals surface area contributed by atoms with Gasteiger partial charge in [-0.2, -0.15) is 0 Å². The van der Waals surface area contributed by atoms with Crippen molar-refractivity contribution >= 4 is 34.8 Å². The summed E-state index contributed by atoms with van der Waals surface area (Å²) < 4.78 is 9.51. The van der Waals surface area contributed by atoms with Crippen LogP contribution in [-0.2, 0) is 44.7 Å². The third-order valence-electron chi connectivity index (χ3n) is 11.1. The largest absolute Gasteiger partial charge is 0.453 e. The van der Waals surface area contributed by atoms with Gasteiger partial charge in [-0.05, 0) is 85.1 Å². The first-order chi connectivity index (χ1) is 26.9. The first-order valence-electron chi connectivity index (χ1n) is 19.8. The highest BCUT2D eigenvalue weighted by Crippen LogP contribution is 2.33. The van der Waals surface area contributed by atoms with E-state index in [-0.39, 0.29) is 35.7 Å². The first kappa shape index (κ1) is 40.3. The summed E-state index contributed by atoms with van der Waals surface area (Å²) >= 11 is 0. The number of likely N-dealkylation sites (tertiary alicyclic amines) is 2. The van der Waals surface area contributed by atoms with Crippen molar-refractivity contribution in [2.45, 2.75) is 103 Å². The second kappa shape index (κ2) is 18.0. The van der Waals surface area contributed by atoms with Crippen LogP contribution in [0.1, 0.15) is 99.6 Å². The zero-order valence-electron chi connectivity index (χ0n) is 33.4. The van der Waals surface area contributed by atoms with Crippen molar-refractivity contribution in [1.29, 1.82) is 0 Å². The SMILES string of the molecule is COC(=O)N[C@H](C(=O)N1CCC[C@H]1c1ncc(CCc2ccc3cc(CCc4cnc([C@@H]5CCCN5C(=O)[C@@H](NC(=O)OC)C(C)C)[nH]4)ccc3c2)[nH]1)C(C)C. The van der Waals surface area contributed by atoms with Crippen LogP contribution >= 0.6 is 0 Å². The molecule has 2 aliphatic rings. The number of aryl methyl sites for hydroxylation is 4. The van der Waals surface area contributed by atoms with Crippen molar-refractivity contribution in [3.8, 4) is 0 Å². The molecule has 2 aromatic carbocycles. The van der Waals surface area contributed by atoms with Gasteiger partial charge in [0.1, 0.15) is 23.7 Å². The molecule has 0 bridgehead atoms. The Morgan fingerprint density at radius 2 is 1.09 bits per heavy atom. The van der Waals surface area contributed by atoms with Crippen LogP contribution in [0.2, 0.25) is 0 Å². The van der Waals surface area contributed by atoms with Crippen LogP contribution < -0.4 is 10.6 Å². The fraction of sp³-hybridized carbons (Fsp3) is 0.524. The molecule has 56 heavy (non-hydrogen) atoms. The Hall–Kier alpha value is -5.40. The van der Waals surface area contributed by atoms with Crippen molar-refractivity contribution in [2.75, 3.05) is 27.3 Å². The van der Waals surface area contributed by atoms with Crippen molar-refractivity contribution in [3.05, 3.63) is 83.0 Å². The van der Waals surface area contributed by atoms with Gasteiger partial charge in [0.25, 0.3) is 0 Å². The molecule has 4 heterocycles. The Morgan fingerprint density at radius 3 is 1.46 bits per heavy atom. The summed E-state index contributed by atoms with van der Waals surface area (Å²) in [5.74, 6) is 1.16. The Balaban J connectivity index is 1.02. The number of carbonyl (C=O) groups excluding carboxylic acids is 4. The molecule has 6 rings (SSSR count). The van der Waals surface area contributed by atoms with Gasteiger partial charge < -0.3 is 39.9 Å². The number of hydrogen-bond acceptors (Lipinski definition) is 8. The predicted octanol–water partition coefficient (Wildman–Crippen LogP) is 5.94. The number of hydrogen-bond donors (Lipinski definition) is 4. The summed E-state index contributed by atoms with van der Waals surface area (Å²) in [5, 5.41) is 7.78. The fourth-order valence-corrected chi connectivity index (χ4v) is 7.95. The topological polar surface area (TPSA) is 175 Å². The summed E-state index contributed by atoms with van der Waals surface area (Å²) in [6.07, 6.45) is 9.17. The number of carbonyl (C=O) groups is 4. The van der Waals surface area contributed by atoms with E-state index in [1.807, 2.05) is 49.9 Å². The normalized spacial score (nSPS) is 18.1. The predicted molar refractivity (Wildman–Crippen MR) is 212 cm³/mol. The van der Waals surface area contributed by atoms with Crippen LogP contribution in [0.3, 0.4) is 0 Å². The lowest BCUT2D eigenvalue weighted by molar-refractivity contribution is -0.136. The minimum absolute atomic E-state index is 0.0855. The number of H-pyrrole nitrogens is 2. The smallest absolute Gasteiger partial charge is 0.407 e. The van der Waals surface area contributed by atoms with E-state index in [1.165, 1.54) is 36.1 Å². The van der Waals surface area contributed by atoms with Gasteiger partial charge in [0, 0.05) is 36.9 Å². The number of imidazole rings is 2. The van der Waals surface area contributed by atoms with Gasteiger partial charge >= 0.3 is 12.2 Å². The third kappa shape index (κ3) is 9.34. The van der Waals surface area contributed by atoms with E-state index in [9.17, 15) is 19.2 Å². The number of ether oxygens (including phenoxy) is 2. The molecule has 14 nitrogen and oxygen atoms in total. The zero-order chi connectivity index (χ0) is 39.9. The van der Waals surface area contributed by atoms with E-state index in [0.717, 1.165) is 74.4 Å². The number of aromatic amines is 2. The number of alkyl carbamates (subject to hydrolysis) is 2. The lowest BCUT2D eigenvalue weighted by atomic mass is 9.99. The van der Waals surface area contributed by atoms with Crippen LogP contribution in [-0.4, -0.2) is 93.1 Å². The number of rotatable bonds is 14. The summed E-state index contributed by atoms with van der Waals surface area (Å²) in [5.41, 5.74) is 4.51. The minimum atomic E-state index is -0.664. The molecule has 4 N–H and O–H groups in total. The van der Waals surface area contributed by atoms with Crippen LogP contribution in [0, 0.1) is 11.8 Å². The van der Waals surface area contributed by atoms with E-state index < -0.39 is 24.3 Å². The van der Waals surface area contributed by atoms with Crippen molar-refractivity contribution in [2.24, 2.45) is 11.8 Å². The maximum absolute atomic E-state index is 13.5. The summed E-state index contributed by atoms with van der Waals surface area (Å²) in [7, 11) is 2.60. The van der Waals surface area contributed by atoms with Gasteiger partial charge in [-0.25, -0.2) is 19.6 Å². The lowest BCUT2D eigenvalue weighted by Crippen LogP contribution is -2.51. The molecule has 2 aliphatic heterocycles. The molecule has 4 aromatic rings. The molecule has 2 aromatic heterocycles. The van der Waals surface area contributed by atoms with Gasteiger partial charge in [0.2, 0.25) is 11.8 Å². The maximum atomic E-state index is 13.5. The van der Waals surface area contributed by atoms with Crippen LogP contribution in [0.5, 0.6) is 0 Å². The molecule has 4 atom stereocenters. The monoisotopic (exact) mass is 768 g/mol. The van der Waals surface area contributed by atoms with Crippen LogP contribution in [0.4, 0.5) is 9.59 Å². The Labute approximate surface area is 328 Å². The third-order valence-corrected chi connectivity index (χ3v) is 11.1. The average Bonchev–Trinajstić information content (AvgIpc) is 4.03. The zero-order valence-corrected chi connectivity index (χ0v) is 33.4. The van der Waals surface area contributed by atoms with Crippen molar-refractivity contribution in [3.63, 3.8) is 0 Å². The van der Waals surface area contributed by atoms with E-state index in [2.05, 4.69) is 67.0 Å². The second-order valence-electron chi connectivity index (χ2n) is 15.7. The van der Waals surface area contributed by atoms with E-state index >= 15 is 0 Å². The number of fused-ring (bicyclic) bond motifs is 1. The summed E-state index contributed by atoms with van der Waals surface area (Å²) in [6, 6.07) is 11.6. The standard InChI is InChI=1S/C42H56N8O6/c1-25(2)35(47-41(53)55-5)39(51)49-19-7-9-33(49)37-43-23-31(45-37)17-13-27-11-15-30-22-28(12-16-29(30)21-27)14-18-32-24-44-38(46-32)34-10-8-20-50(34)40(52)36(26(3)4)48-42(54)56-6/h11-12,15-16,21-26,33-36H,7-10,13-14,17-20H2,1-6H3,(H,43,45)(H,44,46)(H,47,53)(H,48,54)/t33-,34-,35-,36-/m0/s1. The van der Waals surface area contributed by atoms with E-state index in [4.69, 9.17) is 9.47 Å². The molecule has 14 heteroatoms. The van der Waals surface area contributed by atoms with E-state index in [1.54, 1.807) is 0 Å². The second-order valence-corrected chi connectivity index (χ2v) is 15.7. The van der Waals surface area contributed by atoms with Gasteiger partial charge in [-0.3, -0.25) is 9.59 Å². The Kier molecular flexibility index (Phi) is 13.0. The quantitative estimate of drug-likeness (QED) is 0.122. The number of nitrogens with one attached hydrogen (secondary N) is 4. The van der Waals surface area contributed by atoms with Gasteiger partial charge in [-0.15, -0.1) is 0 Å². The van der Waals surface area contributed by atoms with Crippen LogP contribution in [0.25, 0.3) is 10.8 Å². The molecular weight excluding hydrogens is 713 g/mol. The minimum Gasteiger partial charge on any atom is -0.453 e. The van der Waals surface area contributed by atoms with Gasteiger partial charge in [0.15, 0.2) is 0 Å². The first-order valence-corrected chi connectivity index (χ1v) is 19.8. The Morgan fingerprint density at radius 1 is 0.679 bits per heavy atom. The summed E-state index contributed by atoms with van der Waals surface area (Å²) in [6.45, 7) is 8.89. The number of benzene rings is 2. The van der Waals surface area contributed by atoms with Gasteiger partial charge in [-0.1, -0.05) is 64.1 Å². The average molecular weight is 769 g/mol. The van der Waals surface area contributed by atoms with Crippen molar-refractivity contribution in [1.82, 2.24) is 40.4 Å². The molecule has 0 radical (unpaired) electrons. The number of amides is 4.